The van der Waals surface area contributed by atoms with Crippen LogP contribution in [0, 0.1) is 0 Å². The van der Waals surface area contributed by atoms with Gasteiger partial charge in [-0.25, -0.2) is 15.0 Å². The Morgan fingerprint density at radius 3 is 2.50 bits per heavy atom. The second kappa shape index (κ2) is 7.37. The summed E-state index contributed by atoms with van der Waals surface area (Å²) in [4.78, 5) is 14.4. The summed E-state index contributed by atoms with van der Waals surface area (Å²) in [5.74, 6) is 0.674. The molecule has 2 aromatic carbocycles. The van der Waals surface area contributed by atoms with Gasteiger partial charge in [-0.05, 0) is 42.5 Å². The molecule has 4 nitrogen and oxygen atoms in total. The van der Waals surface area contributed by atoms with E-state index in [0.29, 0.717) is 11.4 Å². The van der Waals surface area contributed by atoms with Crippen molar-refractivity contribution < 1.29 is 5.11 Å². The summed E-state index contributed by atoms with van der Waals surface area (Å²) < 4.78 is 0. The zero-order valence-corrected chi connectivity index (χ0v) is 14.6. The molecule has 0 atom stereocenters. The van der Waals surface area contributed by atoms with Gasteiger partial charge in [0.1, 0.15) is 10.8 Å². The fourth-order valence-corrected chi connectivity index (χ4v) is 3.39. The predicted octanol–water partition coefficient (Wildman–Crippen LogP) is 5.06. The highest BCUT2D eigenvalue weighted by atomic mass is 32.2. The molecule has 0 radical (unpaired) electrons. The Morgan fingerprint density at radius 1 is 0.769 bits per heavy atom. The van der Waals surface area contributed by atoms with Crippen molar-refractivity contribution in [3.05, 3.63) is 85.2 Å². The number of hydrogen-bond acceptors (Lipinski definition) is 5. The third-order valence-electron chi connectivity index (χ3n) is 3.79. The molecule has 4 rings (SSSR count). The highest BCUT2D eigenvalue weighted by Crippen LogP contribution is 2.31. The number of rotatable bonds is 4. The van der Waals surface area contributed by atoms with E-state index in [1.807, 2.05) is 54.6 Å². The average molecular weight is 357 g/mol. The SMILES string of the molecule is Oc1ccccc1-c1nccc(-c2cccc(Sc3ccccn3)c2)n1. The lowest BCUT2D eigenvalue weighted by Crippen LogP contribution is -1.92. The Hall–Kier alpha value is -3.18. The highest BCUT2D eigenvalue weighted by Gasteiger charge is 2.09. The van der Waals surface area contributed by atoms with E-state index in [1.54, 1.807) is 36.3 Å². The van der Waals surface area contributed by atoms with Gasteiger partial charge in [0.25, 0.3) is 0 Å². The number of phenolic OH excluding ortho intramolecular Hbond substituents is 1. The molecule has 26 heavy (non-hydrogen) atoms. The Bertz CT molecular complexity index is 1040. The summed E-state index contributed by atoms with van der Waals surface area (Å²) in [6, 6.07) is 23.0. The van der Waals surface area contributed by atoms with Crippen LogP contribution in [0.1, 0.15) is 0 Å². The van der Waals surface area contributed by atoms with Crippen LogP contribution in [0.4, 0.5) is 0 Å². The first-order valence-corrected chi connectivity index (χ1v) is 8.92. The molecule has 0 aliphatic carbocycles. The maximum Gasteiger partial charge on any atom is 0.163 e. The van der Waals surface area contributed by atoms with Gasteiger partial charge in [-0.3, -0.25) is 0 Å². The Labute approximate surface area is 155 Å². The standard InChI is InChI=1S/C21H15N3OS/c25-19-9-2-1-8-17(19)21-23-13-11-18(24-21)15-6-5-7-16(14-15)26-20-10-3-4-12-22-20/h1-14,25H. The van der Waals surface area contributed by atoms with Crippen LogP contribution in [0.3, 0.4) is 0 Å². The average Bonchev–Trinajstić information content (AvgIpc) is 2.69. The van der Waals surface area contributed by atoms with E-state index in [0.717, 1.165) is 21.2 Å². The van der Waals surface area contributed by atoms with Crippen molar-refractivity contribution in [3.8, 4) is 28.4 Å². The topological polar surface area (TPSA) is 58.9 Å². The van der Waals surface area contributed by atoms with E-state index in [-0.39, 0.29) is 5.75 Å². The van der Waals surface area contributed by atoms with E-state index < -0.39 is 0 Å². The van der Waals surface area contributed by atoms with Gasteiger partial charge in [-0.2, -0.15) is 0 Å². The fourth-order valence-electron chi connectivity index (χ4n) is 2.56. The van der Waals surface area contributed by atoms with Gasteiger partial charge in [-0.1, -0.05) is 42.1 Å². The molecule has 1 N–H and O–H groups in total. The van der Waals surface area contributed by atoms with Crippen LogP contribution >= 0.6 is 11.8 Å². The largest absolute Gasteiger partial charge is 0.507 e. The summed E-state index contributed by atoms with van der Waals surface area (Å²) in [5, 5.41) is 11.0. The van der Waals surface area contributed by atoms with Crippen molar-refractivity contribution in [2.75, 3.05) is 0 Å². The third-order valence-corrected chi connectivity index (χ3v) is 4.73. The van der Waals surface area contributed by atoms with E-state index in [4.69, 9.17) is 0 Å². The van der Waals surface area contributed by atoms with Crippen molar-refractivity contribution >= 4 is 11.8 Å². The Balaban J connectivity index is 1.67. The molecule has 0 fully saturated rings. The third kappa shape index (κ3) is 3.58. The number of para-hydroxylation sites is 1. The fraction of sp³-hybridized carbons (Fsp3) is 0. The first kappa shape index (κ1) is 16.3. The van der Waals surface area contributed by atoms with E-state index in [2.05, 4.69) is 21.0 Å². The summed E-state index contributed by atoms with van der Waals surface area (Å²) in [6.45, 7) is 0. The van der Waals surface area contributed by atoms with Crippen molar-refractivity contribution in [3.63, 3.8) is 0 Å². The molecule has 0 saturated carbocycles. The van der Waals surface area contributed by atoms with Crippen LogP contribution in [-0.4, -0.2) is 20.1 Å². The van der Waals surface area contributed by atoms with E-state index >= 15 is 0 Å². The summed E-state index contributed by atoms with van der Waals surface area (Å²) in [6.07, 6.45) is 3.50. The molecule has 0 unspecified atom stereocenters. The molecule has 0 amide bonds. The molecule has 2 heterocycles. The Kier molecular flexibility index (Phi) is 4.62. The molecule has 0 bridgehead atoms. The molecule has 5 heteroatoms. The minimum atomic E-state index is 0.170. The number of benzene rings is 2. The minimum absolute atomic E-state index is 0.170. The molecule has 0 aliphatic heterocycles. The first-order chi connectivity index (χ1) is 12.8. The first-order valence-electron chi connectivity index (χ1n) is 8.10. The maximum atomic E-state index is 10.0. The van der Waals surface area contributed by atoms with E-state index in [9.17, 15) is 5.11 Å². The van der Waals surface area contributed by atoms with Crippen LogP contribution < -0.4 is 0 Å². The molecule has 4 aromatic rings. The summed E-state index contributed by atoms with van der Waals surface area (Å²) in [5.41, 5.74) is 2.42. The number of phenols is 1. The zero-order valence-electron chi connectivity index (χ0n) is 13.8. The molecule has 0 aliphatic rings. The monoisotopic (exact) mass is 357 g/mol. The van der Waals surface area contributed by atoms with Crippen LogP contribution in [0.25, 0.3) is 22.6 Å². The lowest BCUT2D eigenvalue weighted by molar-refractivity contribution is 0.477. The van der Waals surface area contributed by atoms with Gasteiger partial charge in [0.15, 0.2) is 5.82 Å². The molecule has 0 spiro atoms. The molecular formula is C21H15N3OS. The molecule has 2 aromatic heterocycles. The van der Waals surface area contributed by atoms with Crippen molar-refractivity contribution in [1.82, 2.24) is 15.0 Å². The molecule has 126 valence electrons. The highest BCUT2D eigenvalue weighted by molar-refractivity contribution is 7.99. The number of nitrogens with zero attached hydrogens (tertiary/aromatic N) is 3. The van der Waals surface area contributed by atoms with Gasteiger partial charge < -0.3 is 5.11 Å². The summed E-state index contributed by atoms with van der Waals surface area (Å²) >= 11 is 1.60. The van der Waals surface area contributed by atoms with Crippen LogP contribution in [0.2, 0.25) is 0 Å². The number of aromatic hydroxyl groups is 1. The zero-order chi connectivity index (χ0) is 17.8. The second-order valence-electron chi connectivity index (χ2n) is 5.58. The number of hydrogen-bond donors (Lipinski definition) is 1. The summed E-state index contributed by atoms with van der Waals surface area (Å²) in [7, 11) is 0. The van der Waals surface area contributed by atoms with Gasteiger partial charge in [0.2, 0.25) is 0 Å². The Morgan fingerprint density at radius 2 is 1.65 bits per heavy atom. The maximum absolute atomic E-state index is 10.0. The van der Waals surface area contributed by atoms with Gasteiger partial charge in [-0.15, -0.1) is 0 Å². The smallest absolute Gasteiger partial charge is 0.163 e. The molecular weight excluding hydrogens is 342 g/mol. The minimum Gasteiger partial charge on any atom is -0.507 e. The normalized spacial score (nSPS) is 10.6. The predicted molar refractivity (Wildman–Crippen MR) is 103 cm³/mol. The number of aromatic nitrogens is 3. The quantitative estimate of drug-likeness (QED) is 0.553. The van der Waals surface area contributed by atoms with E-state index in [1.165, 1.54) is 0 Å². The van der Waals surface area contributed by atoms with Crippen molar-refractivity contribution in [2.45, 2.75) is 9.92 Å². The van der Waals surface area contributed by atoms with Crippen molar-refractivity contribution in [2.24, 2.45) is 0 Å². The lowest BCUT2D eigenvalue weighted by atomic mass is 10.1. The van der Waals surface area contributed by atoms with Crippen LogP contribution in [-0.2, 0) is 0 Å². The number of pyridine rings is 1. The van der Waals surface area contributed by atoms with Crippen LogP contribution in [0.5, 0.6) is 5.75 Å². The second-order valence-corrected chi connectivity index (χ2v) is 6.67. The van der Waals surface area contributed by atoms with Crippen molar-refractivity contribution in [1.29, 1.82) is 0 Å². The van der Waals surface area contributed by atoms with Gasteiger partial charge in [0.05, 0.1) is 11.3 Å². The van der Waals surface area contributed by atoms with Crippen LogP contribution in [0.15, 0.2) is 95.1 Å². The van der Waals surface area contributed by atoms with Gasteiger partial charge >= 0.3 is 0 Å². The molecule has 0 saturated heterocycles. The lowest BCUT2D eigenvalue weighted by Gasteiger charge is -2.07. The van der Waals surface area contributed by atoms with Gasteiger partial charge in [0, 0.05) is 22.9 Å².